The summed E-state index contributed by atoms with van der Waals surface area (Å²) < 4.78 is 14.3. The fourth-order valence-corrected chi connectivity index (χ4v) is 3.69. The van der Waals surface area contributed by atoms with Crippen LogP contribution in [0.15, 0.2) is 42.5 Å². The Bertz CT molecular complexity index is 849. The minimum absolute atomic E-state index is 0.0824. The summed E-state index contributed by atoms with van der Waals surface area (Å²) in [5.41, 5.74) is 2.47. The number of anilines is 2. The maximum Gasteiger partial charge on any atom is 0.258 e. The van der Waals surface area contributed by atoms with Crippen LogP contribution in [0.2, 0.25) is 0 Å². The molecule has 4 rings (SSSR count). The van der Waals surface area contributed by atoms with Gasteiger partial charge in [-0.2, -0.15) is 0 Å². The van der Waals surface area contributed by atoms with E-state index in [1.165, 1.54) is 11.0 Å². The molecular formula is C20H19FN2O2. The predicted molar refractivity (Wildman–Crippen MR) is 94.4 cm³/mol. The number of amides is 2. The second kappa shape index (κ2) is 6.31. The van der Waals surface area contributed by atoms with Gasteiger partial charge in [0.15, 0.2) is 0 Å². The molecule has 25 heavy (non-hydrogen) atoms. The van der Waals surface area contributed by atoms with Crippen LogP contribution in [0.4, 0.5) is 15.8 Å². The molecule has 2 aromatic rings. The molecule has 2 aliphatic rings. The fourth-order valence-electron chi connectivity index (χ4n) is 3.69. The lowest BCUT2D eigenvalue weighted by Crippen LogP contribution is -2.36. The average Bonchev–Trinajstić information content (AvgIpc) is 3.07. The summed E-state index contributed by atoms with van der Waals surface area (Å²) in [6.07, 6.45) is 2.97. The van der Waals surface area contributed by atoms with Crippen molar-refractivity contribution in [3.8, 4) is 0 Å². The molecule has 0 spiro atoms. The first-order chi connectivity index (χ1) is 12.1. The molecule has 0 N–H and O–H groups in total. The molecular weight excluding hydrogens is 319 g/mol. The van der Waals surface area contributed by atoms with E-state index in [1.807, 2.05) is 12.1 Å². The first kappa shape index (κ1) is 15.8. The van der Waals surface area contributed by atoms with Crippen molar-refractivity contribution < 1.29 is 14.0 Å². The third kappa shape index (κ3) is 2.80. The highest BCUT2D eigenvalue weighted by Gasteiger charge is 2.27. The van der Waals surface area contributed by atoms with Crippen LogP contribution in [-0.4, -0.2) is 24.9 Å². The van der Waals surface area contributed by atoms with Crippen LogP contribution in [0.5, 0.6) is 0 Å². The van der Waals surface area contributed by atoms with Crippen LogP contribution < -0.4 is 9.80 Å². The molecule has 2 aromatic carbocycles. The molecule has 0 saturated carbocycles. The number of hydrogen-bond donors (Lipinski definition) is 0. The zero-order valence-corrected chi connectivity index (χ0v) is 13.9. The summed E-state index contributed by atoms with van der Waals surface area (Å²) in [5, 5.41) is 0. The number of para-hydroxylation sites is 1. The molecule has 1 saturated heterocycles. The van der Waals surface area contributed by atoms with Gasteiger partial charge in [0, 0.05) is 30.8 Å². The lowest BCUT2D eigenvalue weighted by Gasteiger charge is -2.30. The molecule has 1 fully saturated rings. The lowest BCUT2D eigenvalue weighted by atomic mass is 10.00. The summed E-state index contributed by atoms with van der Waals surface area (Å²) in [4.78, 5) is 28.2. The van der Waals surface area contributed by atoms with E-state index in [4.69, 9.17) is 0 Å². The Labute approximate surface area is 145 Å². The van der Waals surface area contributed by atoms with Crippen LogP contribution in [-0.2, 0) is 11.2 Å². The standard InChI is InChI=1S/C20H19FN2O2/c21-17-9-2-5-14-7-3-12-23(19(14)17)20(25)15-6-1-8-16(13-15)22-11-4-10-18(22)24/h1-2,5-6,8-9,13H,3-4,7,10-12H2. The van der Waals surface area contributed by atoms with Crippen molar-refractivity contribution in [1.82, 2.24) is 0 Å². The summed E-state index contributed by atoms with van der Waals surface area (Å²) in [5.74, 6) is -0.505. The van der Waals surface area contributed by atoms with Crippen molar-refractivity contribution in [2.45, 2.75) is 25.7 Å². The van der Waals surface area contributed by atoms with E-state index in [0.29, 0.717) is 30.8 Å². The highest BCUT2D eigenvalue weighted by Crippen LogP contribution is 2.32. The van der Waals surface area contributed by atoms with E-state index in [2.05, 4.69) is 0 Å². The molecule has 0 bridgehead atoms. The third-order valence-corrected chi connectivity index (χ3v) is 4.89. The number of rotatable bonds is 2. The molecule has 5 heteroatoms. The number of fused-ring (bicyclic) bond motifs is 1. The topological polar surface area (TPSA) is 40.6 Å². The maximum atomic E-state index is 14.3. The van der Waals surface area contributed by atoms with Crippen molar-refractivity contribution in [1.29, 1.82) is 0 Å². The first-order valence-electron chi connectivity index (χ1n) is 8.65. The van der Waals surface area contributed by atoms with Gasteiger partial charge < -0.3 is 9.80 Å². The summed E-state index contributed by atoms with van der Waals surface area (Å²) in [7, 11) is 0. The second-order valence-electron chi connectivity index (χ2n) is 6.51. The monoisotopic (exact) mass is 338 g/mol. The summed E-state index contributed by atoms with van der Waals surface area (Å²) in [6.45, 7) is 1.18. The molecule has 0 unspecified atom stereocenters. The van der Waals surface area contributed by atoms with Gasteiger partial charge in [0.2, 0.25) is 5.91 Å². The van der Waals surface area contributed by atoms with E-state index in [1.54, 1.807) is 29.2 Å². The summed E-state index contributed by atoms with van der Waals surface area (Å²) >= 11 is 0. The van der Waals surface area contributed by atoms with Gasteiger partial charge >= 0.3 is 0 Å². The highest BCUT2D eigenvalue weighted by atomic mass is 19.1. The molecule has 2 heterocycles. The van der Waals surface area contributed by atoms with Gasteiger partial charge in [0.1, 0.15) is 5.82 Å². The molecule has 2 aliphatic heterocycles. The summed E-state index contributed by atoms with van der Waals surface area (Å²) in [6, 6.07) is 12.0. The normalized spacial score (nSPS) is 16.9. The number of nitrogens with zero attached hydrogens (tertiary/aromatic N) is 2. The zero-order chi connectivity index (χ0) is 17.4. The molecule has 0 aromatic heterocycles. The molecule has 2 amide bonds. The van der Waals surface area contributed by atoms with E-state index >= 15 is 0 Å². The van der Waals surface area contributed by atoms with Crippen LogP contribution in [0, 0.1) is 5.82 Å². The molecule has 0 radical (unpaired) electrons. The number of halogens is 1. The molecule has 128 valence electrons. The molecule has 0 aliphatic carbocycles. The quantitative estimate of drug-likeness (QED) is 0.840. The van der Waals surface area contributed by atoms with Crippen molar-refractivity contribution in [3.63, 3.8) is 0 Å². The highest BCUT2D eigenvalue weighted by molar-refractivity contribution is 6.08. The van der Waals surface area contributed by atoms with Gasteiger partial charge in [-0.1, -0.05) is 18.2 Å². The lowest BCUT2D eigenvalue weighted by molar-refractivity contribution is -0.117. The Morgan fingerprint density at radius 1 is 1.00 bits per heavy atom. The number of benzene rings is 2. The Morgan fingerprint density at radius 3 is 2.60 bits per heavy atom. The van der Waals surface area contributed by atoms with Gasteiger partial charge in [-0.15, -0.1) is 0 Å². The minimum Gasteiger partial charge on any atom is -0.312 e. The largest absolute Gasteiger partial charge is 0.312 e. The van der Waals surface area contributed by atoms with E-state index in [-0.39, 0.29) is 17.6 Å². The number of aryl methyl sites for hydroxylation is 1. The fraction of sp³-hybridized carbons (Fsp3) is 0.300. The van der Waals surface area contributed by atoms with Gasteiger partial charge in [-0.25, -0.2) is 4.39 Å². The SMILES string of the molecule is O=C1CCCN1c1cccc(C(=O)N2CCCc3cccc(F)c32)c1. The van der Waals surface area contributed by atoms with E-state index in [0.717, 1.165) is 30.5 Å². The predicted octanol–water partition coefficient (Wildman–Crippen LogP) is 3.55. The Hall–Kier alpha value is -2.69. The molecule has 4 nitrogen and oxygen atoms in total. The second-order valence-corrected chi connectivity index (χ2v) is 6.51. The van der Waals surface area contributed by atoms with E-state index < -0.39 is 0 Å². The first-order valence-corrected chi connectivity index (χ1v) is 8.65. The van der Waals surface area contributed by atoms with Crippen molar-refractivity contribution in [2.75, 3.05) is 22.9 Å². The van der Waals surface area contributed by atoms with Gasteiger partial charge in [0.05, 0.1) is 5.69 Å². The average molecular weight is 338 g/mol. The van der Waals surface area contributed by atoms with Crippen molar-refractivity contribution in [2.24, 2.45) is 0 Å². The van der Waals surface area contributed by atoms with Crippen molar-refractivity contribution in [3.05, 3.63) is 59.4 Å². The number of carbonyl (C=O) groups excluding carboxylic acids is 2. The third-order valence-electron chi connectivity index (χ3n) is 4.89. The smallest absolute Gasteiger partial charge is 0.258 e. The number of carbonyl (C=O) groups is 2. The maximum absolute atomic E-state index is 14.3. The van der Waals surface area contributed by atoms with Crippen LogP contribution in [0.1, 0.15) is 35.2 Å². The zero-order valence-electron chi connectivity index (χ0n) is 13.9. The Balaban J connectivity index is 1.68. The van der Waals surface area contributed by atoms with E-state index in [9.17, 15) is 14.0 Å². The number of hydrogen-bond acceptors (Lipinski definition) is 2. The van der Waals surface area contributed by atoms with Crippen LogP contribution >= 0.6 is 0 Å². The van der Waals surface area contributed by atoms with Crippen molar-refractivity contribution >= 4 is 23.2 Å². The van der Waals surface area contributed by atoms with Crippen LogP contribution in [0.25, 0.3) is 0 Å². The van der Waals surface area contributed by atoms with Gasteiger partial charge in [-0.05, 0) is 49.1 Å². The molecule has 0 atom stereocenters. The van der Waals surface area contributed by atoms with Crippen LogP contribution in [0.3, 0.4) is 0 Å². The van der Waals surface area contributed by atoms with Gasteiger partial charge in [-0.3, -0.25) is 9.59 Å². The Morgan fingerprint density at radius 2 is 1.80 bits per heavy atom. The van der Waals surface area contributed by atoms with Gasteiger partial charge in [0.25, 0.3) is 5.91 Å². The Kier molecular flexibility index (Phi) is 3.99. The minimum atomic E-state index is -0.364.